The van der Waals surface area contributed by atoms with Crippen LogP contribution in [0.3, 0.4) is 0 Å². The number of allylic oxidation sites excluding steroid dienone is 1. The molecule has 0 atom stereocenters. The fraction of sp³-hybridized carbons (Fsp3) is 0.222. The summed E-state index contributed by atoms with van der Waals surface area (Å²) in [7, 11) is -2.55. The van der Waals surface area contributed by atoms with E-state index in [1.54, 1.807) is 17.0 Å². The van der Waals surface area contributed by atoms with Crippen LogP contribution in [0.15, 0.2) is 57.9 Å². The third-order valence-electron chi connectivity index (χ3n) is 4.58. The van der Waals surface area contributed by atoms with Crippen molar-refractivity contribution in [3.8, 4) is 0 Å². The minimum Gasteiger partial charge on any atom is -0.333 e. The topological polar surface area (TPSA) is 70.1 Å². The molecule has 0 saturated carbocycles. The molecule has 0 aliphatic carbocycles. The molecule has 0 fully saturated rings. The van der Waals surface area contributed by atoms with Crippen LogP contribution in [-0.4, -0.2) is 42.8 Å². The highest BCUT2D eigenvalue weighted by atomic mass is 32.2. The number of thiophene rings is 1. The van der Waals surface area contributed by atoms with Crippen molar-refractivity contribution in [1.29, 1.82) is 0 Å². The van der Waals surface area contributed by atoms with E-state index in [0.717, 1.165) is 21.2 Å². The second-order valence-electron chi connectivity index (χ2n) is 6.17. The summed E-state index contributed by atoms with van der Waals surface area (Å²) in [6.07, 6.45) is 2.33. The minimum absolute atomic E-state index is 0.128. The summed E-state index contributed by atoms with van der Waals surface area (Å²) in [4.78, 5) is 15.5. The van der Waals surface area contributed by atoms with Gasteiger partial charge in [-0.2, -0.15) is 8.42 Å². The lowest BCUT2D eigenvalue weighted by atomic mass is 9.99. The van der Waals surface area contributed by atoms with Crippen molar-refractivity contribution in [2.45, 2.75) is 13.0 Å². The number of benzene rings is 1. The van der Waals surface area contributed by atoms with E-state index >= 15 is 0 Å². The molecule has 0 saturated heterocycles. The lowest BCUT2D eigenvalue weighted by Gasteiger charge is -2.32. The quantitative estimate of drug-likeness (QED) is 0.793. The molecule has 2 aliphatic heterocycles. The van der Waals surface area contributed by atoms with Crippen LogP contribution in [-0.2, 0) is 28.0 Å². The lowest BCUT2D eigenvalue weighted by molar-refractivity contribution is -0.129. The molecule has 2 aliphatic rings. The Hall–Kier alpha value is -2.45. The molecule has 8 heteroatoms. The molecule has 1 amide bonds. The Balaban J connectivity index is 1.68. The number of amides is 1. The maximum Gasteiger partial charge on any atom is 0.345 e. The Bertz CT molecular complexity index is 1020. The first kappa shape index (κ1) is 17.0. The maximum absolute atomic E-state index is 13.1. The van der Waals surface area contributed by atoms with E-state index < -0.39 is 10.2 Å². The van der Waals surface area contributed by atoms with Crippen molar-refractivity contribution in [2.75, 3.05) is 13.6 Å². The zero-order chi connectivity index (χ0) is 18.3. The molecule has 0 spiro atoms. The van der Waals surface area contributed by atoms with Crippen LogP contribution in [0.2, 0.25) is 0 Å². The Morgan fingerprint density at radius 1 is 1.15 bits per heavy atom. The van der Waals surface area contributed by atoms with Gasteiger partial charge in [-0.3, -0.25) is 4.79 Å². The third kappa shape index (κ3) is 2.95. The van der Waals surface area contributed by atoms with Crippen LogP contribution in [0.4, 0.5) is 0 Å². The van der Waals surface area contributed by atoms with E-state index in [0.29, 0.717) is 18.8 Å². The van der Waals surface area contributed by atoms with Gasteiger partial charge in [0.25, 0.3) is 5.91 Å². The molecular weight excluding hydrogens is 370 g/mol. The van der Waals surface area contributed by atoms with Crippen LogP contribution in [0.1, 0.15) is 16.0 Å². The van der Waals surface area contributed by atoms with Crippen molar-refractivity contribution in [3.05, 3.63) is 69.6 Å². The average Bonchev–Trinajstić information content (AvgIpc) is 3.17. The van der Waals surface area contributed by atoms with Crippen LogP contribution in [0, 0.1) is 0 Å². The van der Waals surface area contributed by atoms with Gasteiger partial charge in [-0.05, 0) is 35.1 Å². The summed E-state index contributed by atoms with van der Waals surface area (Å²) in [6.45, 7) is 1.04. The van der Waals surface area contributed by atoms with E-state index in [9.17, 15) is 13.2 Å². The normalized spacial score (nSPS) is 18.8. The first-order valence-electron chi connectivity index (χ1n) is 8.16. The summed E-state index contributed by atoms with van der Waals surface area (Å²) < 4.78 is 29.6. The Morgan fingerprint density at radius 3 is 2.65 bits per heavy atom. The molecule has 6 nitrogen and oxygen atoms in total. The number of hydrogen-bond acceptors (Lipinski definition) is 4. The molecule has 0 radical (unpaired) electrons. The molecule has 0 unspecified atom stereocenters. The van der Waals surface area contributed by atoms with E-state index in [1.165, 1.54) is 23.9 Å². The van der Waals surface area contributed by atoms with Crippen LogP contribution in [0.25, 0.3) is 0 Å². The fourth-order valence-electron chi connectivity index (χ4n) is 3.12. The summed E-state index contributed by atoms with van der Waals surface area (Å²) in [5.74, 6) is -0.297. The SMILES string of the molecule is CN1C(C(=O)N2CCc3ccccc3C2)=CC(c2cccs2)=NS1(=O)=O. The number of carbonyl (C=O) groups is 1. The summed E-state index contributed by atoms with van der Waals surface area (Å²) in [6, 6.07) is 11.6. The van der Waals surface area contributed by atoms with Crippen molar-refractivity contribution >= 4 is 33.2 Å². The summed E-state index contributed by atoms with van der Waals surface area (Å²) >= 11 is 1.39. The van der Waals surface area contributed by atoms with Gasteiger partial charge >= 0.3 is 10.2 Å². The second-order valence-corrected chi connectivity index (χ2v) is 8.75. The zero-order valence-corrected chi connectivity index (χ0v) is 15.8. The molecule has 2 aromatic rings. The predicted molar refractivity (Wildman–Crippen MR) is 101 cm³/mol. The molecule has 0 bridgehead atoms. The number of likely N-dealkylation sites (N-methyl/N-ethyl adjacent to an activating group) is 1. The van der Waals surface area contributed by atoms with Gasteiger partial charge in [-0.15, -0.1) is 15.7 Å². The summed E-state index contributed by atoms with van der Waals surface area (Å²) in [5.41, 5.74) is 2.76. The molecule has 1 aromatic heterocycles. The zero-order valence-electron chi connectivity index (χ0n) is 14.1. The van der Waals surface area contributed by atoms with E-state index in [-0.39, 0.29) is 11.6 Å². The minimum atomic E-state index is -3.92. The molecule has 0 N–H and O–H groups in total. The van der Waals surface area contributed by atoms with Crippen molar-refractivity contribution in [3.63, 3.8) is 0 Å². The third-order valence-corrected chi connectivity index (χ3v) is 6.79. The first-order valence-corrected chi connectivity index (χ1v) is 10.4. The Morgan fingerprint density at radius 2 is 1.92 bits per heavy atom. The number of carbonyl (C=O) groups excluding carboxylic acids is 1. The van der Waals surface area contributed by atoms with Crippen LogP contribution in [0.5, 0.6) is 0 Å². The van der Waals surface area contributed by atoms with Gasteiger partial charge in [0.1, 0.15) is 5.70 Å². The van der Waals surface area contributed by atoms with Gasteiger partial charge in [-0.25, -0.2) is 4.31 Å². The van der Waals surface area contributed by atoms with Crippen molar-refractivity contribution in [2.24, 2.45) is 4.40 Å². The van der Waals surface area contributed by atoms with Crippen LogP contribution >= 0.6 is 11.3 Å². The Labute approximate surface area is 156 Å². The number of fused-ring (bicyclic) bond motifs is 1. The van der Waals surface area contributed by atoms with Crippen LogP contribution < -0.4 is 0 Å². The van der Waals surface area contributed by atoms with Gasteiger partial charge in [0.2, 0.25) is 0 Å². The highest BCUT2D eigenvalue weighted by Gasteiger charge is 2.33. The number of hydrogen-bond donors (Lipinski definition) is 0. The van der Waals surface area contributed by atoms with Gasteiger partial charge in [0.15, 0.2) is 0 Å². The van der Waals surface area contributed by atoms with E-state index in [2.05, 4.69) is 10.5 Å². The molecule has 26 heavy (non-hydrogen) atoms. The van der Waals surface area contributed by atoms with E-state index in [1.807, 2.05) is 29.6 Å². The second kappa shape index (κ2) is 6.37. The van der Waals surface area contributed by atoms with Crippen molar-refractivity contribution in [1.82, 2.24) is 9.21 Å². The number of nitrogens with zero attached hydrogens (tertiary/aromatic N) is 3. The predicted octanol–water partition coefficient (Wildman–Crippen LogP) is 2.20. The highest BCUT2D eigenvalue weighted by molar-refractivity contribution is 7.88. The van der Waals surface area contributed by atoms with Gasteiger partial charge < -0.3 is 4.90 Å². The largest absolute Gasteiger partial charge is 0.345 e. The molecule has 3 heterocycles. The monoisotopic (exact) mass is 387 g/mol. The molecule has 134 valence electrons. The van der Waals surface area contributed by atoms with Gasteiger partial charge in [-0.1, -0.05) is 30.3 Å². The Kier molecular flexibility index (Phi) is 4.16. The number of rotatable bonds is 2. The van der Waals surface area contributed by atoms with Gasteiger partial charge in [0, 0.05) is 20.1 Å². The smallest absolute Gasteiger partial charge is 0.333 e. The molecular formula is C18H17N3O3S2. The molecule has 4 rings (SSSR count). The molecule has 1 aromatic carbocycles. The van der Waals surface area contributed by atoms with Gasteiger partial charge in [0.05, 0.1) is 10.6 Å². The van der Waals surface area contributed by atoms with E-state index in [4.69, 9.17) is 0 Å². The fourth-order valence-corrected chi connectivity index (χ4v) is 4.77. The first-order chi connectivity index (χ1) is 12.5. The lowest BCUT2D eigenvalue weighted by Crippen LogP contribution is -2.43. The average molecular weight is 387 g/mol. The maximum atomic E-state index is 13.1. The van der Waals surface area contributed by atoms with Crippen molar-refractivity contribution < 1.29 is 13.2 Å². The highest BCUT2D eigenvalue weighted by Crippen LogP contribution is 2.25. The standard InChI is InChI=1S/C18H17N3O3S2/c1-20-16(11-15(19-26(20,23)24)17-7-4-10-25-17)18(22)21-9-8-13-5-2-3-6-14(13)12-21/h2-7,10-11H,8-9,12H2,1H3. The summed E-state index contributed by atoms with van der Waals surface area (Å²) in [5, 5.41) is 1.85.